The molecule has 3 aromatic carbocycles. The largest absolute Gasteiger partial charge is 0.370 e. The molecule has 75 heavy (non-hydrogen) atoms. The number of hydrogen-bond acceptors (Lipinski definition) is 9. The molecule has 3 heterocycles. The highest BCUT2D eigenvalue weighted by Crippen LogP contribution is 2.33. The van der Waals surface area contributed by atoms with Gasteiger partial charge < -0.3 is 47.7 Å². The normalized spacial score (nSPS) is 12.7. The van der Waals surface area contributed by atoms with Gasteiger partial charge in [0.25, 0.3) is 17.7 Å². The molecule has 3 aromatic heterocycles. The lowest BCUT2D eigenvalue weighted by atomic mass is 9.85. The van der Waals surface area contributed by atoms with Gasteiger partial charge in [-0.1, -0.05) is 113 Å². The topological polar surface area (TPSA) is 282 Å². The fourth-order valence-corrected chi connectivity index (χ4v) is 8.38. The molecule has 0 bridgehead atoms. The number of carbonyl (C=O) groups excluding carboxylic acids is 3. The van der Waals surface area contributed by atoms with Crippen LogP contribution in [0.5, 0.6) is 0 Å². The van der Waals surface area contributed by atoms with Crippen LogP contribution in [0.15, 0.2) is 87.8 Å². The lowest BCUT2D eigenvalue weighted by molar-refractivity contribution is 0.0964. The monoisotopic (exact) mass is 1030 g/mol. The van der Waals surface area contributed by atoms with Gasteiger partial charge in [-0.25, -0.2) is 0 Å². The molecule has 0 aliphatic carbocycles. The fraction of sp³-hybridized carbons (Fsp3) is 0.474. The van der Waals surface area contributed by atoms with Crippen LogP contribution in [0.4, 0.5) is 0 Å². The molecule has 0 aliphatic rings. The van der Waals surface area contributed by atoms with Gasteiger partial charge in [-0.3, -0.25) is 45.3 Å². The number of guanidine groups is 3. The van der Waals surface area contributed by atoms with Crippen molar-refractivity contribution in [1.82, 2.24) is 40.7 Å². The molecule has 0 atom stereocenters. The number of nitrogens with zero attached hydrogens (tertiary/aromatic N) is 5. The molecule has 0 fully saturated rings. The van der Waals surface area contributed by atoms with Crippen LogP contribution in [-0.4, -0.2) is 127 Å². The second-order valence-corrected chi connectivity index (χ2v) is 21.9. The van der Waals surface area contributed by atoms with E-state index >= 15 is 0 Å². The number of benzene rings is 3. The summed E-state index contributed by atoms with van der Waals surface area (Å²) in [6, 6.07) is 23.8. The molecule has 14 N–H and O–H groups in total. The van der Waals surface area contributed by atoms with Crippen LogP contribution < -0.4 is 38.9 Å². The van der Waals surface area contributed by atoms with E-state index in [1.165, 1.54) is 16.7 Å². The van der Waals surface area contributed by atoms with Crippen LogP contribution in [0.1, 0.15) is 144 Å². The molecular weight excluding hydrogens is 943 g/mol. The summed E-state index contributed by atoms with van der Waals surface area (Å²) in [6.07, 6.45) is 2.54. The van der Waals surface area contributed by atoms with Crippen molar-refractivity contribution >= 4 is 68.3 Å². The van der Waals surface area contributed by atoms with Crippen molar-refractivity contribution in [3.05, 3.63) is 107 Å². The first kappa shape index (κ1) is 60.5. The van der Waals surface area contributed by atoms with Crippen LogP contribution in [0.2, 0.25) is 0 Å². The lowest BCUT2D eigenvalue weighted by Gasteiger charge is -2.19. The van der Waals surface area contributed by atoms with Crippen molar-refractivity contribution in [2.24, 2.45) is 37.9 Å². The van der Waals surface area contributed by atoms with E-state index in [0.29, 0.717) is 43.3 Å². The Morgan fingerprint density at radius 1 is 0.507 bits per heavy atom. The van der Waals surface area contributed by atoms with Gasteiger partial charge in [-0.2, -0.15) is 0 Å². The molecule has 408 valence electrons. The van der Waals surface area contributed by atoms with E-state index in [-0.39, 0.29) is 51.8 Å². The summed E-state index contributed by atoms with van der Waals surface area (Å²) in [6.45, 7) is 29.9. The summed E-state index contributed by atoms with van der Waals surface area (Å²) in [5, 5.41) is 11.1. The van der Waals surface area contributed by atoms with E-state index in [1.54, 1.807) is 0 Å². The number of rotatable bonds is 16. The van der Waals surface area contributed by atoms with Crippen LogP contribution in [0.3, 0.4) is 0 Å². The van der Waals surface area contributed by atoms with Crippen LogP contribution in [0.25, 0.3) is 32.7 Å². The zero-order chi connectivity index (χ0) is 55.7. The maximum atomic E-state index is 12.5. The van der Waals surface area contributed by atoms with Crippen LogP contribution >= 0.6 is 0 Å². The average molecular weight is 1030 g/mol. The molecular formula is C57H87N15O3. The maximum Gasteiger partial charge on any atom is 0.274 e. The molecule has 0 unspecified atom stereocenters. The van der Waals surface area contributed by atoms with Gasteiger partial charge in [0.15, 0.2) is 17.9 Å². The summed E-state index contributed by atoms with van der Waals surface area (Å²) in [4.78, 5) is 63.6. The summed E-state index contributed by atoms with van der Waals surface area (Å²) >= 11 is 0. The van der Waals surface area contributed by atoms with Crippen molar-refractivity contribution in [2.45, 2.75) is 112 Å². The fourth-order valence-electron chi connectivity index (χ4n) is 8.38. The third-order valence-corrected chi connectivity index (χ3v) is 12.4. The molecule has 0 radical (unpaired) electrons. The van der Waals surface area contributed by atoms with E-state index in [2.05, 4.69) is 150 Å². The minimum Gasteiger partial charge on any atom is -0.370 e. The van der Waals surface area contributed by atoms with Crippen molar-refractivity contribution < 1.29 is 14.4 Å². The van der Waals surface area contributed by atoms with Gasteiger partial charge in [0.2, 0.25) is 0 Å². The Morgan fingerprint density at radius 2 is 0.813 bits per heavy atom. The number of nitrogens with one attached hydrogen (secondary N) is 6. The minimum absolute atomic E-state index is 0.000790. The van der Waals surface area contributed by atoms with Gasteiger partial charge in [0.1, 0.15) is 17.1 Å². The van der Waals surface area contributed by atoms with E-state index in [9.17, 15) is 14.4 Å². The molecule has 3 amide bonds. The summed E-state index contributed by atoms with van der Waals surface area (Å²) < 4.78 is 0. The van der Waals surface area contributed by atoms with Crippen molar-refractivity contribution in [2.75, 3.05) is 66.5 Å². The number of nitrogens with two attached hydrogens (primary N) is 4. The number of fused-ring (bicyclic) bond motifs is 3. The first-order chi connectivity index (χ1) is 35.3. The number of aromatic amines is 3. The third-order valence-electron chi connectivity index (χ3n) is 12.4. The predicted octanol–water partition coefficient (Wildman–Crippen LogP) is 7.56. The zero-order valence-electron chi connectivity index (χ0n) is 47.0. The lowest BCUT2D eigenvalue weighted by Crippen LogP contribution is -2.37. The Balaban J connectivity index is 0.000000244. The van der Waals surface area contributed by atoms with Crippen LogP contribution in [0, 0.1) is 0 Å². The molecule has 6 rings (SSSR count). The number of H-pyrrole nitrogens is 3. The Morgan fingerprint density at radius 3 is 1.09 bits per heavy atom. The average Bonchev–Trinajstić information content (AvgIpc) is 4.10. The second-order valence-electron chi connectivity index (χ2n) is 21.9. The van der Waals surface area contributed by atoms with Gasteiger partial charge in [0.05, 0.1) is 0 Å². The Labute approximate surface area is 444 Å². The molecule has 0 saturated heterocycles. The predicted molar refractivity (Wildman–Crippen MR) is 312 cm³/mol. The Hall–Kier alpha value is -7.02. The summed E-state index contributed by atoms with van der Waals surface area (Å²) in [5.41, 5.74) is 30.7. The number of amides is 3. The van der Waals surface area contributed by atoms with Crippen molar-refractivity contribution in [3.63, 3.8) is 0 Å². The highest BCUT2D eigenvalue weighted by atomic mass is 16.2. The third kappa shape index (κ3) is 18.4. The van der Waals surface area contributed by atoms with E-state index in [0.717, 1.165) is 78.2 Å². The number of aliphatic imine (C=N–C) groups is 3. The first-order valence-corrected chi connectivity index (χ1v) is 26.0. The Bertz CT molecular complexity index is 2910. The van der Waals surface area contributed by atoms with Gasteiger partial charge in [-0.05, 0) is 135 Å². The molecule has 0 aliphatic heterocycles. The van der Waals surface area contributed by atoms with E-state index in [1.807, 2.05) is 68.7 Å². The molecule has 18 nitrogen and oxygen atoms in total. The summed E-state index contributed by atoms with van der Waals surface area (Å²) in [5.74, 6) is -0.415. The van der Waals surface area contributed by atoms with Gasteiger partial charge >= 0.3 is 0 Å². The number of carbonyl (C=O) groups is 3. The highest BCUT2D eigenvalue weighted by Gasteiger charge is 2.22. The Kier molecular flexibility index (Phi) is 22.2. The molecule has 6 aromatic rings. The van der Waals surface area contributed by atoms with Crippen molar-refractivity contribution in [3.8, 4) is 0 Å². The van der Waals surface area contributed by atoms with Gasteiger partial charge in [-0.15, -0.1) is 0 Å². The molecule has 0 saturated carbocycles. The smallest absolute Gasteiger partial charge is 0.274 e. The summed E-state index contributed by atoms with van der Waals surface area (Å²) in [7, 11) is 4.02. The number of aromatic nitrogens is 3. The van der Waals surface area contributed by atoms with E-state index in [4.69, 9.17) is 22.9 Å². The standard InChI is InChI=1S/C21H33N5O.C19H29N5O.C17H25N5O/c1-6-26(7-2)13-9-12-23-20(22)25-19(27)18-14-15-16(21(3,4)5)10-8-11-17(15)24-18;1-19(2,3)14-8-6-9-15-13(14)12-16(22-15)17(25)23-18(20)21-10-7-11-24(4)5;1-17(2,3)12-6-4-7-13-11(12)10-14(21-13)15(23)22-16(19)20-9-5-8-18/h8,10-11,14,24H,6-7,9,12-13H2,1-5H3,(H3,22,23,25,27);6,8-9,12,22H,7,10-11H2,1-5H3,(H3,20,21,23,25);4,6-7,10,21H,5,8-9,18H2,1-3H3,(H3,19,20,22,23). The highest BCUT2D eigenvalue weighted by molar-refractivity contribution is 6.08. The quantitative estimate of drug-likeness (QED) is 0.0260. The van der Waals surface area contributed by atoms with E-state index < -0.39 is 0 Å². The zero-order valence-corrected chi connectivity index (χ0v) is 47.0. The first-order valence-electron chi connectivity index (χ1n) is 26.0. The minimum atomic E-state index is -0.296. The van der Waals surface area contributed by atoms with Crippen LogP contribution in [-0.2, 0) is 16.2 Å². The van der Waals surface area contributed by atoms with Crippen molar-refractivity contribution in [1.29, 1.82) is 0 Å². The molecule has 18 heteroatoms. The van der Waals surface area contributed by atoms with Gasteiger partial charge in [0, 0.05) is 52.3 Å². The maximum absolute atomic E-state index is 12.5. The second kappa shape index (κ2) is 27.5. The number of hydrogen-bond donors (Lipinski definition) is 10. The SMILES string of the molecule is CC(C)(C)c1cccc2[nH]c(C(=O)NC(N)=NCCCN)cc12.CCN(CC)CCCN=C(N)NC(=O)c1cc2c(C(C)(C)C)cccc2[nH]1.CN(C)CCCN=C(N)NC(=O)c1cc2c(C(C)(C)C)cccc2[nH]1. The molecule has 0 spiro atoms.